The molecule has 6 aromatic rings. The largest absolute Gasteiger partial charge is 0.494 e. The molecule has 0 bridgehead atoms. The van der Waals surface area contributed by atoms with Crippen molar-refractivity contribution in [2.24, 2.45) is 0 Å². The number of furan rings is 1. The van der Waals surface area contributed by atoms with Crippen molar-refractivity contribution in [1.82, 2.24) is 15.3 Å². The highest BCUT2D eigenvalue weighted by Crippen LogP contribution is 2.42. The SMILES string of the molecule is CNC(=O)c1c(-c2ccc(F)cc2)oc2cc(N(C)S(C)(=O)=O)c(-c3ccc(OC)c(-c4cc5ccc(N)cc5[nH]4)n3)cc12. The zero-order valence-electron chi connectivity index (χ0n) is 24.2. The lowest BCUT2D eigenvalue weighted by molar-refractivity contribution is 0.0964. The normalized spacial score (nSPS) is 11.7. The van der Waals surface area contributed by atoms with Crippen LogP contribution in [-0.2, 0) is 10.0 Å². The number of ether oxygens (including phenoxy) is 1. The number of anilines is 2. The third kappa shape index (κ3) is 4.98. The maximum absolute atomic E-state index is 13.7. The van der Waals surface area contributed by atoms with E-state index in [9.17, 15) is 17.6 Å². The Balaban J connectivity index is 1.63. The third-order valence-electron chi connectivity index (χ3n) is 7.46. The van der Waals surface area contributed by atoms with E-state index >= 15 is 0 Å². The summed E-state index contributed by atoms with van der Waals surface area (Å²) < 4.78 is 52.2. The summed E-state index contributed by atoms with van der Waals surface area (Å²) in [6.07, 6.45) is 1.09. The lowest BCUT2D eigenvalue weighted by Crippen LogP contribution is -2.25. The topological polar surface area (TPSA) is 144 Å². The number of nitrogen functional groups attached to an aromatic ring is 1. The molecule has 224 valence electrons. The van der Waals surface area contributed by atoms with Crippen molar-refractivity contribution >= 4 is 49.2 Å². The minimum atomic E-state index is -3.73. The first kappa shape index (κ1) is 28.7. The first-order valence-corrected chi connectivity index (χ1v) is 15.3. The highest BCUT2D eigenvalue weighted by molar-refractivity contribution is 7.92. The molecule has 0 saturated carbocycles. The van der Waals surface area contributed by atoms with Gasteiger partial charge in [0, 0.05) is 53.3 Å². The minimum Gasteiger partial charge on any atom is -0.494 e. The number of benzene rings is 3. The Bertz CT molecular complexity index is 2190. The van der Waals surface area contributed by atoms with Crippen LogP contribution in [-0.4, -0.2) is 51.8 Å². The van der Waals surface area contributed by atoms with E-state index in [-0.39, 0.29) is 22.6 Å². The molecule has 0 spiro atoms. The number of carbonyl (C=O) groups excluding carboxylic acids is 1. The molecule has 0 unspecified atom stereocenters. The number of nitrogens with one attached hydrogen (secondary N) is 2. The molecular weight excluding hydrogens is 585 g/mol. The fourth-order valence-electron chi connectivity index (χ4n) is 5.16. The van der Waals surface area contributed by atoms with E-state index in [1.165, 1.54) is 45.5 Å². The Hall–Kier alpha value is -5.36. The average molecular weight is 614 g/mol. The van der Waals surface area contributed by atoms with Crippen LogP contribution in [0.1, 0.15) is 10.4 Å². The molecule has 4 N–H and O–H groups in total. The van der Waals surface area contributed by atoms with Crippen molar-refractivity contribution in [1.29, 1.82) is 0 Å². The predicted molar refractivity (Wildman–Crippen MR) is 170 cm³/mol. The predicted octanol–water partition coefficient (Wildman–Crippen LogP) is 5.80. The molecular formula is C32H28FN5O5S. The molecule has 0 fully saturated rings. The number of amides is 1. The number of H-pyrrole nitrogens is 1. The van der Waals surface area contributed by atoms with E-state index in [1.54, 1.807) is 30.3 Å². The van der Waals surface area contributed by atoms with Crippen molar-refractivity contribution in [3.8, 4) is 39.7 Å². The van der Waals surface area contributed by atoms with Crippen LogP contribution >= 0.6 is 0 Å². The van der Waals surface area contributed by atoms with Gasteiger partial charge < -0.3 is 25.2 Å². The number of halogens is 1. The first-order valence-electron chi connectivity index (χ1n) is 13.4. The van der Waals surface area contributed by atoms with Gasteiger partial charge in [-0.1, -0.05) is 6.07 Å². The molecule has 3 aromatic carbocycles. The standard InChI is InChI=1S/C32H28FN5O5S/c1-35-32(39)29-22-15-21(23-11-12-27(42-3)30(37-23)25-13-18-7-10-20(34)14-24(18)36-25)26(38(2)44(4,40)41)16-28(22)43-31(29)17-5-8-19(33)9-6-17/h5-16,36H,34H2,1-4H3,(H,35,39). The number of nitrogens with zero attached hydrogens (tertiary/aromatic N) is 2. The van der Waals surface area contributed by atoms with E-state index < -0.39 is 21.7 Å². The van der Waals surface area contributed by atoms with Gasteiger partial charge in [-0.15, -0.1) is 0 Å². The van der Waals surface area contributed by atoms with Gasteiger partial charge in [0.1, 0.15) is 28.6 Å². The molecule has 0 aliphatic rings. The minimum absolute atomic E-state index is 0.213. The lowest BCUT2D eigenvalue weighted by atomic mass is 10.0. The number of pyridine rings is 1. The third-order valence-corrected chi connectivity index (χ3v) is 8.65. The second kappa shape index (κ2) is 10.7. The Morgan fingerprint density at radius 2 is 1.82 bits per heavy atom. The molecule has 1 amide bonds. The van der Waals surface area contributed by atoms with E-state index in [2.05, 4.69) is 10.3 Å². The second-order valence-electron chi connectivity index (χ2n) is 10.3. The Labute approximate surface area is 252 Å². The highest BCUT2D eigenvalue weighted by atomic mass is 32.2. The maximum atomic E-state index is 13.7. The number of nitrogens with two attached hydrogens (primary N) is 1. The molecule has 0 aliphatic heterocycles. The number of fused-ring (bicyclic) bond motifs is 2. The number of hydrogen-bond donors (Lipinski definition) is 3. The van der Waals surface area contributed by atoms with Crippen LogP contribution in [0.4, 0.5) is 15.8 Å². The van der Waals surface area contributed by atoms with Gasteiger partial charge >= 0.3 is 0 Å². The monoisotopic (exact) mass is 613 g/mol. The van der Waals surface area contributed by atoms with Crippen LogP contribution in [0.2, 0.25) is 0 Å². The Kier molecular flexibility index (Phi) is 7.01. The van der Waals surface area contributed by atoms with Crippen molar-refractivity contribution in [3.05, 3.63) is 84.2 Å². The van der Waals surface area contributed by atoms with E-state index in [0.717, 1.165) is 21.5 Å². The van der Waals surface area contributed by atoms with Crippen LogP contribution in [0.3, 0.4) is 0 Å². The summed E-state index contributed by atoms with van der Waals surface area (Å²) in [5, 5.41) is 3.98. The van der Waals surface area contributed by atoms with Crippen LogP contribution < -0.4 is 20.1 Å². The summed E-state index contributed by atoms with van der Waals surface area (Å²) in [5.41, 5.74) is 10.6. The van der Waals surface area contributed by atoms with Crippen molar-refractivity contribution in [2.75, 3.05) is 37.5 Å². The van der Waals surface area contributed by atoms with Crippen molar-refractivity contribution in [3.63, 3.8) is 0 Å². The van der Waals surface area contributed by atoms with Crippen LogP contribution in [0.5, 0.6) is 5.75 Å². The van der Waals surface area contributed by atoms with E-state index in [4.69, 9.17) is 19.9 Å². The average Bonchev–Trinajstić information content (AvgIpc) is 3.60. The molecule has 0 radical (unpaired) electrons. The van der Waals surface area contributed by atoms with Gasteiger partial charge in [0.05, 0.1) is 36.0 Å². The van der Waals surface area contributed by atoms with Gasteiger partial charge in [0.2, 0.25) is 10.0 Å². The molecule has 12 heteroatoms. The van der Waals surface area contributed by atoms with Gasteiger partial charge in [0.15, 0.2) is 0 Å². The summed E-state index contributed by atoms with van der Waals surface area (Å²) in [7, 11) is 0.723. The number of aromatic nitrogens is 2. The van der Waals surface area contributed by atoms with E-state index in [1.807, 2.05) is 18.2 Å². The van der Waals surface area contributed by atoms with Crippen LogP contribution in [0.15, 0.2) is 77.2 Å². The summed E-state index contributed by atoms with van der Waals surface area (Å²) in [5.74, 6) is -0.171. The smallest absolute Gasteiger partial charge is 0.255 e. The van der Waals surface area contributed by atoms with Crippen molar-refractivity contribution < 1.29 is 26.8 Å². The summed E-state index contributed by atoms with van der Waals surface area (Å²) >= 11 is 0. The summed E-state index contributed by atoms with van der Waals surface area (Å²) in [4.78, 5) is 21.5. The molecule has 10 nitrogen and oxygen atoms in total. The summed E-state index contributed by atoms with van der Waals surface area (Å²) in [6.45, 7) is 0. The molecule has 44 heavy (non-hydrogen) atoms. The number of methoxy groups -OCH3 is 1. The van der Waals surface area contributed by atoms with Gasteiger partial charge in [0.25, 0.3) is 5.91 Å². The fraction of sp³-hybridized carbons (Fsp3) is 0.125. The maximum Gasteiger partial charge on any atom is 0.255 e. The zero-order chi connectivity index (χ0) is 31.3. The molecule has 6 rings (SSSR count). The Morgan fingerprint density at radius 3 is 2.50 bits per heavy atom. The first-order chi connectivity index (χ1) is 21.0. The number of aromatic amines is 1. The molecule has 3 heterocycles. The number of rotatable bonds is 7. The van der Waals surface area contributed by atoms with Gasteiger partial charge in [-0.05, 0) is 60.7 Å². The quantitative estimate of drug-likeness (QED) is 0.193. The van der Waals surface area contributed by atoms with Crippen molar-refractivity contribution in [2.45, 2.75) is 0 Å². The summed E-state index contributed by atoms with van der Waals surface area (Å²) in [6, 6.07) is 19.7. The number of sulfonamides is 1. The molecule has 0 atom stereocenters. The number of hydrogen-bond acceptors (Lipinski definition) is 7. The van der Waals surface area contributed by atoms with Crippen LogP contribution in [0, 0.1) is 5.82 Å². The zero-order valence-corrected chi connectivity index (χ0v) is 25.0. The fourth-order valence-corrected chi connectivity index (χ4v) is 5.67. The molecule has 3 aromatic heterocycles. The highest BCUT2D eigenvalue weighted by Gasteiger charge is 2.27. The van der Waals surface area contributed by atoms with Crippen LogP contribution in [0.25, 0.3) is 55.8 Å². The molecule has 0 aliphatic carbocycles. The van der Waals surface area contributed by atoms with Gasteiger partial charge in [-0.25, -0.2) is 17.8 Å². The molecule has 0 saturated heterocycles. The van der Waals surface area contributed by atoms with E-state index in [0.29, 0.717) is 45.0 Å². The van der Waals surface area contributed by atoms with Gasteiger partial charge in [-0.2, -0.15) is 0 Å². The van der Waals surface area contributed by atoms with Gasteiger partial charge in [-0.3, -0.25) is 9.10 Å². The number of carbonyl (C=O) groups is 1. The Morgan fingerprint density at radius 1 is 1.07 bits per heavy atom. The lowest BCUT2D eigenvalue weighted by Gasteiger charge is -2.21. The second-order valence-corrected chi connectivity index (χ2v) is 12.3.